The second-order valence-electron chi connectivity index (χ2n) is 7.51. The molecule has 3 nitrogen and oxygen atoms in total. The molecule has 0 saturated carbocycles. The maximum absolute atomic E-state index is 12.4. The van der Waals surface area contributed by atoms with Crippen LogP contribution >= 0.6 is 0 Å². The molecule has 0 fully saturated rings. The molecule has 134 valence electrons. The second kappa shape index (κ2) is 8.30. The van der Waals surface area contributed by atoms with Crippen molar-refractivity contribution < 1.29 is 4.79 Å². The third kappa shape index (κ3) is 5.71. The number of carbonyl (C=O) groups excluding carboxylic acids is 1. The minimum absolute atomic E-state index is 0.0411. The molecule has 2 rings (SSSR count). The Morgan fingerprint density at radius 1 is 1.08 bits per heavy atom. The fourth-order valence-electron chi connectivity index (χ4n) is 2.84. The van der Waals surface area contributed by atoms with Crippen LogP contribution in [0.3, 0.4) is 0 Å². The molecule has 0 spiro atoms. The Labute approximate surface area is 151 Å². The maximum atomic E-state index is 12.4. The molecule has 0 bridgehead atoms. The average molecular weight is 338 g/mol. The lowest BCUT2D eigenvalue weighted by molar-refractivity contribution is -0.122. The molecule has 0 heterocycles. The van der Waals surface area contributed by atoms with Gasteiger partial charge in [-0.15, -0.1) is 0 Å². The first-order chi connectivity index (χ1) is 11.8. The molecule has 0 aliphatic heterocycles. The van der Waals surface area contributed by atoms with Gasteiger partial charge in [0.15, 0.2) is 0 Å². The summed E-state index contributed by atoms with van der Waals surface area (Å²) in [6.45, 7) is 11.4. The molecule has 25 heavy (non-hydrogen) atoms. The second-order valence-corrected chi connectivity index (χ2v) is 7.51. The van der Waals surface area contributed by atoms with Crippen molar-refractivity contribution in [3.8, 4) is 0 Å². The molecule has 2 aromatic rings. The quantitative estimate of drug-likeness (QED) is 0.798. The molecular weight excluding hydrogens is 308 g/mol. The molecule has 0 radical (unpaired) electrons. The lowest BCUT2D eigenvalue weighted by atomic mass is 9.91. The highest BCUT2D eigenvalue weighted by atomic mass is 16.1. The van der Waals surface area contributed by atoms with Crippen molar-refractivity contribution in [3.63, 3.8) is 0 Å². The van der Waals surface area contributed by atoms with Crippen molar-refractivity contribution in [1.29, 1.82) is 0 Å². The van der Waals surface area contributed by atoms with Gasteiger partial charge in [0.2, 0.25) is 5.91 Å². The largest absolute Gasteiger partial charge is 0.347 e. The van der Waals surface area contributed by atoms with Crippen LogP contribution in [0.2, 0.25) is 0 Å². The van der Waals surface area contributed by atoms with Gasteiger partial charge in [0.1, 0.15) is 0 Å². The van der Waals surface area contributed by atoms with E-state index in [2.05, 4.69) is 63.5 Å². The van der Waals surface area contributed by atoms with Gasteiger partial charge in [-0.05, 0) is 43.0 Å². The van der Waals surface area contributed by atoms with Gasteiger partial charge in [-0.3, -0.25) is 4.79 Å². The number of carbonyl (C=O) groups is 1. The van der Waals surface area contributed by atoms with Crippen LogP contribution < -0.4 is 10.6 Å². The van der Waals surface area contributed by atoms with E-state index in [4.69, 9.17) is 0 Å². The van der Waals surface area contributed by atoms with Crippen molar-refractivity contribution in [2.45, 2.75) is 59.2 Å². The molecule has 2 N–H and O–H groups in total. The molecule has 2 aromatic carbocycles. The highest BCUT2D eigenvalue weighted by Crippen LogP contribution is 2.23. The van der Waals surface area contributed by atoms with Gasteiger partial charge in [-0.2, -0.15) is 0 Å². The van der Waals surface area contributed by atoms with Gasteiger partial charge in [-0.1, -0.05) is 62.4 Å². The Hall–Kier alpha value is -2.13. The summed E-state index contributed by atoms with van der Waals surface area (Å²) in [5, 5.41) is 6.61. The summed E-state index contributed by atoms with van der Waals surface area (Å²) >= 11 is 0. The molecule has 0 aliphatic rings. The number of benzene rings is 2. The van der Waals surface area contributed by atoms with Gasteiger partial charge in [0.05, 0.1) is 12.0 Å². The standard InChI is InChI=1S/C22H30N2O/c1-16(2)23-15-19-11-12-20(13-17(19)3)22(4,5)24-21(25)14-18-9-7-6-8-10-18/h6-13,16,23H,14-15H2,1-5H3,(H,24,25). The van der Waals surface area contributed by atoms with Crippen molar-refractivity contribution in [1.82, 2.24) is 10.6 Å². The summed E-state index contributed by atoms with van der Waals surface area (Å²) in [6, 6.07) is 16.8. The van der Waals surface area contributed by atoms with E-state index in [9.17, 15) is 4.79 Å². The van der Waals surface area contributed by atoms with Gasteiger partial charge < -0.3 is 10.6 Å². The van der Waals surface area contributed by atoms with Crippen molar-refractivity contribution in [2.24, 2.45) is 0 Å². The van der Waals surface area contributed by atoms with Gasteiger partial charge in [0, 0.05) is 12.6 Å². The normalized spacial score (nSPS) is 11.6. The fraction of sp³-hybridized carbons (Fsp3) is 0.409. The number of nitrogens with one attached hydrogen (secondary N) is 2. The molecule has 0 aliphatic carbocycles. The predicted octanol–water partition coefficient (Wildman–Crippen LogP) is 4.09. The fourth-order valence-corrected chi connectivity index (χ4v) is 2.84. The summed E-state index contributed by atoms with van der Waals surface area (Å²) in [5.74, 6) is 0.0411. The lowest BCUT2D eigenvalue weighted by Gasteiger charge is -2.28. The Morgan fingerprint density at radius 3 is 2.36 bits per heavy atom. The highest BCUT2D eigenvalue weighted by molar-refractivity contribution is 5.79. The zero-order valence-electron chi connectivity index (χ0n) is 16.0. The van der Waals surface area contributed by atoms with E-state index in [0.29, 0.717) is 12.5 Å². The summed E-state index contributed by atoms with van der Waals surface area (Å²) < 4.78 is 0. The van der Waals surface area contributed by atoms with Crippen LogP contribution in [0.25, 0.3) is 0 Å². The van der Waals surface area contributed by atoms with Gasteiger partial charge in [-0.25, -0.2) is 0 Å². The molecule has 0 unspecified atom stereocenters. The Balaban J connectivity index is 2.05. The zero-order chi connectivity index (χ0) is 18.4. The topological polar surface area (TPSA) is 41.1 Å². The van der Waals surface area contributed by atoms with Crippen LogP contribution in [-0.2, 0) is 23.3 Å². The van der Waals surface area contributed by atoms with E-state index in [0.717, 1.165) is 17.7 Å². The third-order valence-corrected chi connectivity index (χ3v) is 4.42. The SMILES string of the molecule is Cc1cc(C(C)(C)NC(=O)Cc2ccccc2)ccc1CNC(C)C. The van der Waals surface area contributed by atoms with E-state index in [-0.39, 0.29) is 5.91 Å². The number of hydrogen-bond acceptors (Lipinski definition) is 2. The van der Waals surface area contributed by atoms with Gasteiger partial charge in [0.25, 0.3) is 0 Å². The monoisotopic (exact) mass is 338 g/mol. The van der Waals surface area contributed by atoms with E-state index in [1.165, 1.54) is 11.1 Å². The van der Waals surface area contributed by atoms with E-state index in [1.54, 1.807) is 0 Å². The molecule has 0 saturated heterocycles. The Morgan fingerprint density at radius 2 is 1.76 bits per heavy atom. The van der Waals surface area contributed by atoms with Crippen LogP contribution in [0.5, 0.6) is 0 Å². The molecule has 3 heteroatoms. The van der Waals surface area contributed by atoms with Crippen LogP contribution in [0.15, 0.2) is 48.5 Å². The molecular formula is C22H30N2O. The van der Waals surface area contributed by atoms with Crippen molar-refractivity contribution in [2.75, 3.05) is 0 Å². The zero-order valence-corrected chi connectivity index (χ0v) is 16.0. The third-order valence-electron chi connectivity index (χ3n) is 4.42. The molecule has 0 aromatic heterocycles. The number of rotatable bonds is 7. The summed E-state index contributed by atoms with van der Waals surface area (Å²) in [5.41, 5.74) is 4.29. The van der Waals surface area contributed by atoms with E-state index < -0.39 is 5.54 Å². The van der Waals surface area contributed by atoms with Crippen LogP contribution in [0, 0.1) is 6.92 Å². The van der Waals surface area contributed by atoms with E-state index >= 15 is 0 Å². The Bertz CT molecular complexity index is 705. The smallest absolute Gasteiger partial charge is 0.225 e. The lowest BCUT2D eigenvalue weighted by Crippen LogP contribution is -2.41. The van der Waals surface area contributed by atoms with Crippen LogP contribution in [0.4, 0.5) is 0 Å². The Kier molecular flexibility index (Phi) is 6.38. The van der Waals surface area contributed by atoms with Crippen LogP contribution in [0.1, 0.15) is 49.9 Å². The summed E-state index contributed by atoms with van der Waals surface area (Å²) in [7, 11) is 0. The highest BCUT2D eigenvalue weighted by Gasteiger charge is 2.23. The first kappa shape index (κ1) is 19.2. The number of amides is 1. The first-order valence-corrected chi connectivity index (χ1v) is 8.96. The molecule has 0 atom stereocenters. The number of hydrogen-bond donors (Lipinski definition) is 2. The van der Waals surface area contributed by atoms with Crippen LogP contribution in [-0.4, -0.2) is 11.9 Å². The first-order valence-electron chi connectivity index (χ1n) is 8.96. The van der Waals surface area contributed by atoms with Crippen molar-refractivity contribution in [3.05, 3.63) is 70.8 Å². The van der Waals surface area contributed by atoms with Gasteiger partial charge >= 0.3 is 0 Å². The maximum Gasteiger partial charge on any atom is 0.225 e. The number of aryl methyl sites for hydroxylation is 1. The average Bonchev–Trinajstić information content (AvgIpc) is 2.53. The summed E-state index contributed by atoms with van der Waals surface area (Å²) in [6.07, 6.45) is 0.402. The minimum Gasteiger partial charge on any atom is -0.347 e. The molecule has 1 amide bonds. The predicted molar refractivity (Wildman–Crippen MR) is 104 cm³/mol. The van der Waals surface area contributed by atoms with Crippen molar-refractivity contribution >= 4 is 5.91 Å². The minimum atomic E-state index is -0.402. The van der Waals surface area contributed by atoms with E-state index in [1.807, 2.05) is 30.3 Å². The summed E-state index contributed by atoms with van der Waals surface area (Å²) in [4.78, 5) is 12.4.